The zero-order valence-electron chi connectivity index (χ0n) is 11.6. The predicted octanol–water partition coefficient (Wildman–Crippen LogP) is 3.17. The van der Waals surface area contributed by atoms with Gasteiger partial charge in [0.1, 0.15) is 0 Å². The molecule has 2 nitrogen and oxygen atoms in total. The number of hydrogen-bond donors (Lipinski definition) is 0. The highest BCUT2D eigenvalue weighted by molar-refractivity contribution is 4.95. The second kappa shape index (κ2) is 6.61. The van der Waals surface area contributed by atoms with Crippen LogP contribution in [0.2, 0.25) is 0 Å². The van der Waals surface area contributed by atoms with Crippen LogP contribution in [0.25, 0.3) is 0 Å². The smallest absolute Gasteiger partial charge is 0.0533 e. The van der Waals surface area contributed by atoms with Gasteiger partial charge >= 0.3 is 0 Å². The highest BCUT2D eigenvalue weighted by Crippen LogP contribution is 2.49. The van der Waals surface area contributed by atoms with E-state index in [1.165, 1.54) is 45.3 Å². The Bertz CT molecular complexity index is 179. The van der Waals surface area contributed by atoms with E-state index in [9.17, 15) is 0 Å². The monoisotopic (exact) mass is 227 g/mol. The van der Waals surface area contributed by atoms with Gasteiger partial charge in [0.15, 0.2) is 0 Å². The molecule has 1 rings (SSSR count). The van der Waals surface area contributed by atoms with E-state index in [0.29, 0.717) is 5.41 Å². The van der Waals surface area contributed by atoms with Gasteiger partial charge in [-0.05, 0) is 38.3 Å². The maximum atomic E-state index is 5.52. The van der Waals surface area contributed by atoms with Gasteiger partial charge in [0.25, 0.3) is 0 Å². The van der Waals surface area contributed by atoms with Gasteiger partial charge in [0, 0.05) is 19.1 Å². The summed E-state index contributed by atoms with van der Waals surface area (Å²) in [6.45, 7) is 11.3. The summed E-state index contributed by atoms with van der Waals surface area (Å²) < 4.78 is 5.52. The Balaban J connectivity index is 2.65. The van der Waals surface area contributed by atoms with Crippen LogP contribution in [0.15, 0.2) is 0 Å². The lowest BCUT2D eigenvalue weighted by Crippen LogP contribution is -2.42. The van der Waals surface area contributed by atoms with Crippen LogP contribution in [-0.4, -0.2) is 38.3 Å². The lowest BCUT2D eigenvalue weighted by atomic mass is 9.78. The van der Waals surface area contributed by atoms with E-state index in [0.717, 1.165) is 12.5 Å². The summed E-state index contributed by atoms with van der Waals surface area (Å²) in [6, 6.07) is 0. The lowest BCUT2D eigenvalue weighted by Gasteiger charge is -2.38. The highest BCUT2D eigenvalue weighted by atomic mass is 16.5. The van der Waals surface area contributed by atoms with Crippen LogP contribution in [0.4, 0.5) is 0 Å². The second-order valence-corrected chi connectivity index (χ2v) is 5.28. The number of rotatable bonds is 9. The minimum Gasteiger partial charge on any atom is -0.384 e. The molecule has 16 heavy (non-hydrogen) atoms. The molecule has 0 amide bonds. The molecule has 0 heterocycles. The van der Waals surface area contributed by atoms with Gasteiger partial charge in [-0.3, -0.25) is 0 Å². The lowest BCUT2D eigenvalue weighted by molar-refractivity contribution is 0.0235. The SMILES string of the molecule is CCCC(COC)(CN(CC)CC)C1CC1. The molecule has 1 fully saturated rings. The Kier molecular flexibility index (Phi) is 5.77. The van der Waals surface area contributed by atoms with Crippen molar-refractivity contribution in [3.05, 3.63) is 0 Å². The van der Waals surface area contributed by atoms with Crippen LogP contribution in [0.1, 0.15) is 46.5 Å². The molecule has 0 bridgehead atoms. The van der Waals surface area contributed by atoms with Gasteiger partial charge in [-0.2, -0.15) is 0 Å². The molecule has 0 aliphatic heterocycles. The first-order chi connectivity index (χ1) is 7.72. The topological polar surface area (TPSA) is 12.5 Å². The first kappa shape index (κ1) is 14.0. The third kappa shape index (κ3) is 3.46. The molecule has 0 aromatic heterocycles. The van der Waals surface area contributed by atoms with E-state index in [1.807, 2.05) is 7.11 Å². The molecule has 96 valence electrons. The summed E-state index contributed by atoms with van der Waals surface area (Å²) in [6.07, 6.45) is 5.44. The summed E-state index contributed by atoms with van der Waals surface area (Å²) in [5.41, 5.74) is 0.440. The molecule has 1 saturated carbocycles. The molecule has 1 aliphatic rings. The van der Waals surface area contributed by atoms with E-state index in [1.54, 1.807) is 0 Å². The van der Waals surface area contributed by atoms with Gasteiger partial charge in [0.05, 0.1) is 6.61 Å². The molecule has 1 aliphatic carbocycles. The molecule has 2 heteroatoms. The van der Waals surface area contributed by atoms with Crippen molar-refractivity contribution in [2.24, 2.45) is 11.3 Å². The summed E-state index contributed by atoms with van der Waals surface area (Å²) in [5.74, 6) is 0.924. The summed E-state index contributed by atoms with van der Waals surface area (Å²) >= 11 is 0. The molecule has 1 unspecified atom stereocenters. The van der Waals surface area contributed by atoms with Crippen molar-refractivity contribution >= 4 is 0 Å². The summed E-state index contributed by atoms with van der Waals surface area (Å²) in [4.78, 5) is 2.56. The van der Waals surface area contributed by atoms with E-state index in [2.05, 4.69) is 25.7 Å². The van der Waals surface area contributed by atoms with E-state index >= 15 is 0 Å². The zero-order chi connectivity index (χ0) is 12.0. The first-order valence-corrected chi connectivity index (χ1v) is 6.93. The van der Waals surface area contributed by atoms with E-state index in [-0.39, 0.29) is 0 Å². The molecule has 0 saturated heterocycles. The Morgan fingerprint density at radius 3 is 2.19 bits per heavy atom. The van der Waals surface area contributed by atoms with Crippen LogP contribution in [0.3, 0.4) is 0 Å². The van der Waals surface area contributed by atoms with Crippen LogP contribution in [0.5, 0.6) is 0 Å². The van der Waals surface area contributed by atoms with Crippen molar-refractivity contribution in [1.29, 1.82) is 0 Å². The molecule has 0 aromatic carbocycles. The Hall–Kier alpha value is -0.0800. The van der Waals surface area contributed by atoms with Gasteiger partial charge in [-0.1, -0.05) is 27.2 Å². The zero-order valence-corrected chi connectivity index (χ0v) is 11.6. The molecule has 0 spiro atoms. The fourth-order valence-electron chi connectivity index (χ4n) is 3.02. The normalized spacial score (nSPS) is 20.1. The van der Waals surface area contributed by atoms with Crippen molar-refractivity contribution in [2.75, 3.05) is 33.4 Å². The standard InChI is InChI=1S/C14H29NO/c1-5-10-14(12-16-4,13-8-9-13)11-15(6-2)7-3/h13H,5-12H2,1-4H3. The van der Waals surface area contributed by atoms with Gasteiger partial charge < -0.3 is 9.64 Å². The largest absolute Gasteiger partial charge is 0.384 e. The summed E-state index contributed by atoms with van der Waals surface area (Å²) in [7, 11) is 1.86. The van der Waals surface area contributed by atoms with E-state index in [4.69, 9.17) is 4.74 Å². The molecule has 0 N–H and O–H groups in total. The molecular formula is C14H29NO. The molecule has 0 aromatic rings. The van der Waals surface area contributed by atoms with Crippen molar-refractivity contribution in [2.45, 2.75) is 46.5 Å². The van der Waals surface area contributed by atoms with Gasteiger partial charge in [-0.25, -0.2) is 0 Å². The Labute approximate surface area is 101 Å². The number of nitrogens with zero attached hydrogens (tertiary/aromatic N) is 1. The maximum absolute atomic E-state index is 5.52. The molecule has 0 radical (unpaired) electrons. The van der Waals surface area contributed by atoms with Crippen molar-refractivity contribution in [3.63, 3.8) is 0 Å². The first-order valence-electron chi connectivity index (χ1n) is 6.93. The average Bonchev–Trinajstić information content (AvgIpc) is 3.10. The third-order valence-electron chi connectivity index (χ3n) is 4.06. The predicted molar refractivity (Wildman–Crippen MR) is 69.7 cm³/mol. The van der Waals surface area contributed by atoms with Crippen LogP contribution in [-0.2, 0) is 4.74 Å². The summed E-state index contributed by atoms with van der Waals surface area (Å²) in [5, 5.41) is 0. The number of ether oxygens (including phenoxy) is 1. The van der Waals surface area contributed by atoms with Crippen LogP contribution in [0, 0.1) is 11.3 Å². The van der Waals surface area contributed by atoms with Gasteiger partial charge in [-0.15, -0.1) is 0 Å². The highest BCUT2D eigenvalue weighted by Gasteiger charge is 2.45. The fourth-order valence-corrected chi connectivity index (χ4v) is 3.02. The number of hydrogen-bond acceptors (Lipinski definition) is 2. The van der Waals surface area contributed by atoms with Crippen molar-refractivity contribution in [1.82, 2.24) is 4.90 Å². The molecular weight excluding hydrogens is 198 g/mol. The Morgan fingerprint density at radius 2 is 1.81 bits per heavy atom. The third-order valence-corrected chi connectivity index (χ3v) is 4.06. The maximum Gasteiger partial charge on any atom is 0.0533 e. The van der Waals surface area contributed by atoms with Crippen molar-refractivity contribution in [3.8, 4) is 0 Å². The average molecular weight is 227 g/mol. The van der Waals surface area contributed by atoms with Crippen molar-refractivity contribution < 1.29 is 4.74 Å². The molecule has 1 atom stereocenters. The quantitative estimate of drug-likeness (QED) is 0.600. The van der Waals surface area contributed by atoms with Gasteiger partial charge in [0.2, 0.25) is 0 Å². The minimum atomic E-state index is 0.440. The minimum absolute atomic E-state index is 0.440. The van der Waals surface area contributed by atoms with Crippen LogP contribution < -0.4 is 0 Å². The number of methoxy groups -OCH3 is 1. The van der Waals surface area contributed by atoms with Crippen LogP contribution >= 0.6 is 0 Å². The van der Waals surface area contributed by atoms with E-state index < -0.39 is 0 Å². The fraction of sp³-hybridized carbons (Fsp3) is 1.00. The second-order valence-electron chi connectivity index (χ2n) is 5.28. The Morgan fingerprint density at radius 1 is 1.19 bits per heavy atom.